The van der Waals surface area contributed by atoms with Crippen LogP contribution in [-0.2, 0) is 19.1 Å². The molecule has 1 aliphatic carbocycles. The minimum Gasteiger partial charge on any atom is -0.481 e. The average molecular weight is 325 g/mol. The lowest BCUT2D eigenvalue weighted by Gasteiger charge is -2.34. The van der Waals surface area contributed by atoms with Crippen molar-refractivity contribution in [2.75, 3.05) is 26.3 Å². The van der Waals surface area contributed by atoms with Gasteiger partial charge in [-0.2, -0.15) is 0 Å². The van der Waals surface area contributed by atoms with Gasteiger partial charge < -0.3 is 19.5 Å². The molecule has 0 spiro atoms. The van der Waals surface area contributed by atoms with Gasteiger partial charge in [-0.05, 0) is 25.7 Å². The highest BCUT2D eigenvalue weighted by Crippen LogP contribution is 2.42. The van der Waals surface area contributed by atoms with Crippen LogP contribution in [0.3, 0.4) is 0 Å². The molecule has 0 aromatic heterocycles. The molecule has 3 rings (SSSR count). The van der Waals surface area contributed by atoms with Crippen LogP contribution in [0.5, 0.6) is 0 Å². The molecule has 3 atom stereocenters. The van der Waals surface area contributed by atoms with Crippen LogP contribution < -0.4 is 0 Å². The first-order chi connectivity index (χ1) is 11.1. The fourth-order valence-electron chi connectivity index (χ4n) is 4.26. The zero-order valence-corrected chi connectivity index (χ0v) is 13.8. The minimum atomic E-state index is -0.834. The molecular weight excluding hydrogens is 298 g/mol. The van der Waals surface area contributed by atoms with Crippen LogP contribution in [0, 0.1) is 11.3 Å². The second-order valence-electron chi connectivity index (χ2n) is 7.14. The molecule has 2 heterocycles. The number of rotatable bonds is 5. The van der Waals surface area contributed by atoms with Gasteiger partial charge in [0.25, 0.3) is 5.91 Å². The van der Waals surface area contributed by atoms with E-state index in [0.29, 0.717) is 39.1 Å². The molecule has 6 nitrogen and oxygen atoms in total. The SMILES string of the molecule is CCC(OC1CCCC1)C(=O)N1C[C@H]2COCC[C@@]2(C(=O)O)C1. The molecular formula is C17H27NO5. The van der Waals surface area contributed by atoms with Gasteiger partial charge in [-0.3, -0.25) is 9.59 Å². The summed E-state index contributed by atoms with van der Waals surface area (Å²) in [6.45, 7) is 3.60. The van der Waals surface area contributed by atoms with Gasteiger partial charge in [-0.15, -0.1) is 0 Å². The van der Waals surface area contributed by atoms with Crippen molar-refractivity contribution < 1.29 is 24.2 Å². The summed E-state index contributed by atoms with van der Waals surface area (Å²) in [6.07, 6.45) is 5.25. The van der Waals surface area contributed by atoms with E-state index >= 15 is 0 Å². The number of hydrogen-bond acceptors (Lipinski definition) is 4. The summed E-state index contributed by atoms with van der Waals surface area (Å²) in [5, 5.41) is 9.70. The Morgan fingerprint density at radius 2 is 2.13 bits per heavy atom. The van der Waals surface area contributed by atoms with Crippen molar-refractivity contribution in [2.24, 2.45) is 11.3 Å². The number of nitrogens with zero attached hydrogens (tertiary/aromatic N) is 1. The highest BCUT2D eigenvalue weighted by atomic mass is 16.5. The highest BCUT2D eigenvalue weighted by molar-refractivity contribution is 5.84. The zero-order chi connectivity index (χ0) is 16.4. The molecule has 23 heavy (non-hydrogen) atoms. The van der Waals surface area contributed by atoms with Crippen molar-refractivity contribution >= 4 is 11.9 Å². The van der Waals surface area contributed by atoms with E-state index in [9.17, 15) is 14.7 Å². The molecule has 1 amide bonds. The molecule has 130 valence electrons. The Hall–Kier alpha value is -1.14. The molecule has 2 saturated heterocycles. The van der Waals surface area contributed by atoms with Crippen LogP contribution in [0.15, 0.2) is 0 Å². The monoisotopic (exact) mass is 325 g/mol. The zero-order valence-electron chi connectivity index (χ0n) is 13.8. The summed E-state index contributed by atoms with van der Waals surface area (Å²) in [6, 6.07) is 0. The molecule has 0 radical (unpaired) electrons. The van der Waals surface area contributed by atoms with Gasteiger partial charge in [0.1, 0.15) is 6.10 Å². The number of fused-ring (bicyclic) bond motifs is 1. The smallest absolute Gasteiger partial charge is 0.311 e. The van der Waals surface area contributed by atoms with Gasteiger partial charge >= 0.3 is 5.97 Å². The van der Waals surface area contributed by atoms with Crippen molar-refractivity contribution in [3.63, 3.8) is 0 Å². The third-order valence-electron chi connectivity index (χ3n) is 5.75. The Bertz CT molecular complexity index is 462. The van der Waals surface area contributed by atoms with E-state index < -0.39 is 17.5 Å². The van der Waals surface area contributed by atoms with Crippen molar-refractivity contribution in [2.45, 2.75) is 57.7 Å². The largest absolute Gasteiger partial charge is 0.481 e. The van der Waals surface area contributed by atoms with Crippen molar-refractivity contribution in [1.82, 2.24) is 4.90 Å². The predicted octanol–water partition coefficient (Wildman–Crippen LogP) is 1.67. The number of carboxylic acid groups (broad SMARTS) is 1. The molecule has 2 aliphatic heterocycles. The van der Waals surface area contributed by atoms with Gasteiger partial charge in [-0.1, -0.05) is 19.8 Å². The molecule has 1 N–H and O–H groups in total. The Balaban J connectivity index is 1.68. The van der Waals surface area contributed by atoms with E-state index in [-0.39, 0.29) is 17.9 Å². The maximum absolute atomic E-state index is 12.8. The molecule has 0 aromatic carbocycles. The summed E-state index contributed by atoms with van der Waals surface area (Å²) in [4.78, 5) is 26.4. The molecule has 0 bridgehead atoms. The van der Waals surface area contributed by atoms with Gasteiger partial charge in [0.05, 0.1) is 18.1 Å². The number of carboxylic acids is 1. The van der Waals surface area contributed by atoms with Crippen molar-refractivity contribution in [1.29, 1.82) is 0 Å². The van der Waals surface area contributed by atoms with Crippen LogP contribution in [0.1, 0.15) is 45.4 Å². The number of ether oxygens (including phenoxy) is 2. The maximum atomic E-state index is 12.8. The summed E-state index contributed by atoms with van der Waals surface area (Å²) >= 11 is 0. The molecule has 3 fully saturated rings. The van der Waals surface area contributed by atoms with Crippen molar-refractivity contribution in [3.05, 3.63) is 0 Å². The second kappa shape index (κ2) is 6.77. The summed E-state index contributed by atoms with van der Waals surface area (Å²) in [7, 11) is 0. The Labute approximate surface area is 137 Å². The molecule has 1 unspecified atom stereocenters. The number of carbonyl (C=O) groups is 2. The summed E-state index contributed by atoms with van der Waals surface area (Å²) in [5.74, 6) is -0.957. The number of hydrogen-bond donors (Lipinski definition) is 1. The fraction of sp³-hybridized carbons (Fsp3) is 0.882. The molecule has 3 aliphatic rings. The normalized spacial score (nSPS) is 32.7. The van der Waals surface area contributed by atoms with Gasteiger partial charge in [0.15, 0.2) is 0 Å². The van der Waals surface area contributed by atoms with E-state index in [1.807, 2.05) is 6.92 Å². The third kappa shape index (κ3) is 3.11. The summed E-state index contributed by atoms with van der Waals surface area (Å²) in [5.41, 5.74) is -0.834. The van der Waals surface area contributed by atoms with Crippen LogP contribution in [0.4, 0.5) is 0 Å². The first-order valence-electron chi connectivity index (χ1n) is 8.82. The number of likely N-dealkylation sites (tertiary alicyclic amines) is 1. The number of carbonyl (C=O) groups excluding carboxylic acids is 1. The number of aliphatic carboxylic acids is 1. The van der Waals surface area contributed by atoms with Crippen LogP contribution >= 0.6 is 0 Å². The van der Waals surface area contributed by atoms with E-state index in [0.717, 1.165) is 12.8 Å². The third-order valence-corrected chi connectivity index (χ3v) is 5.75. The van der Waals surface area contributed by atoms with Crippen LogP contribution in [0.2, 0.25) is 0 Å². The minimum absolute atomic E-state index is 0.0468. The van der Waals surface area contributed by atoms with Crippen LogP contribution in [-0.4, -0.2) is 60.4 Å². The topological polar surface area (TPSA) is 76.1 Å². The van der Waals surface area contributed by atoms with Crippen LogP contribution in [0.25, 0.3) is 0 Å². The lowest BCUT2D eigenvalue weighted by atomic mass is 9.74. The first kappa shape index (κ1) is 16.7. The number of amides is 1. The average Bonchev–Trinajstić information content (AvgIpc) is 3.19. The first-order valence-corrected chi connectivity index (χ1v) is 8.82. The van der Waals surface area contributed by atoms with E-state index in [4.69, 9.17) is 9.47 Å². The maximum Gasteiger partial charge on any atom is 0.311 e. The second-order valence-corrected chi connectivity index (χ2v) is 7.14. The molecule has 0 aromatic rings. The Kier molecular flexibility index (Phi) is 4.92. The Morgan fingerprint density at radius 1 is 1.39 bits per heavy atom. The quantitative estimate of drug-likeness (QED) is 0.832. The lowest BCUT2D eigenvalue weighted by molar-refractivity contribution is -0.158. The van der Waals surface area contributed by atoms with E-state index in [1.165, 1.54) is 12.8 Å². The van der Waals surface area contributed by atoms with Gasteiger partial charge in [0, 0.05) is 25.6 Å². The van der Waals surface area contributed by atoms with E-state index in [1.54, 1.807) is 4.90 Å². The van der Waals surface area contributed by atoms with Gasteiger partial charge in [-0.25, -0.2) is 0 Å². The standard InChI is InChI=1S/C17H27NO5/c1-2-14(23-13-5-3-4-6-13)15(19)18-9-12-10-22-8-7-17(12,11-18)16(20)21/h12-14H,2-11H2,1H3,(H,20,21)/t12-,14?,17+/m0/s1. The van der Waals surface area contributed by atoms with E-state index in [2.05, 4.69) is 0 Å². The Morgan fingerprint density at radius 3 is 2.74 bits per heavy atom. The van der Waals surface area contributed by atoms with Gasteiger partial charge in [0.2, 0.25) is 0 Å². The molecule has 6 heteroatoms. The predicted molar refractivity (Wildman–Crippen MR) is 83.0 cm³/mol. The highest BCUT2D eigenvalue weighted by Gasteiger charge is 2.55. The van der Waals surface area contributed by atoms with Crippen molar-refractivity contribution in [3.8, 4) is 0 Å². The lowest BCUT2D eigenvalue weighted by Crippen LogP contribution is -2.45. The molecule has 1 saturated carbocycles. The summed E-state index contributed by atoms with van der Waals surface area (Å²) < 4.78 is 11.5. The fourth-order valence-corrected chi connectivity index (χ4v) is 4.26.